The number of hydrogen-bond donors (Lipinski definition) is 0. The second-order valence-corrected chi connectivity index (χ2v) is 5.39. The molecule has 0 aliphatic heterocycles. The Hall–Kier alpha value is -2.20. The highest BCUT2D eigenvalue weighted by Crippen LogP contribution is 2.29. The van der Waals surface area contributed by atoms with Gasteiger partial charge in [0.1, 0.15) is 0 Å². The number of carbonyl (C=O) groups excluding carboxylic acids is 1. The third-order valence-corrected chi connectivity index (χ3v) is 4.16. The summed E-state index contributed by atoms with van der Waals surface area (Å²) in [4.78, 5) is 18.8. The Kier molecular flexibility index (Phi) is 3.48. The first kappa shape index (κ1) is 12.8. The van der Waals surface area contributed by atoms with Crippen molar-refractivity contribution < 1.29 is 4.79 Å². The van der Waals surface area contributed by atoms with Gasteiger partial charge in [-0.15, -0.1) is 0 Å². The van der Waals surface area contributed by atoms with E-state index < -0.39 is 0 Å². The van der Waals surface area contributed by atoms with Gasteiger partial charge >= 0.3 is 0 Å². The first-order valence-electron chi connectivity index (χ1n) is 6.52. The highest BCUT2D eigenvalue weighted by Gasteiger charge is 2.19. The standard InChI is InChI=1S/C16H14N2OS/c1-2-18(15(19)12-8-4-3-5-9-12)16-17-13-10-6-7-11-14(13)20-16/h3-11H,2H2,1H3. The molecule has 0 fully saturated rings. The zero-order valence-corrected chi connectivity index (χ0v) is 11.9. The lowest BCUT2D eigenvalue weighted by molar-refractivity contribution is 0.0988. The molecule has 20 heavy (non-hydrogen) atoms. The number of fused-ring (bicyclic) bond motifs is 1. The van der Waals surface area contributed by atoms with Gasteiger partial charge in [0, 0.05) is 12.1 Å². The predicted octanol–water partition coefficient (Wildman–Crippen LogP) is 3.96. The Balaban J connectivity index is 1.99. The smallest absolute Gasteiger partial charge is 0.260 e. The summed E-state index contributed by atoms with van der Waals surface area (Å²) < 4.78 is 1.10. The van der Waals surface area contributed by atoms with Gasteiger partial charge in [-0.25, -0.2) is 4.98 Å². The fraction of sp³-hybridized carbons (Fsp3) is 0.125. The van der Waals surface area contributed by atoms with Crippen LogP contribution in [0.15, 0.2) is 54.6 Å². The monoisotopic (exact) mass is 282 g/mol. The summed E-state index contributed by atoms with van der Waals surface area (Å²) in [6, 6.07) is 17.3. The number of carbonyl (C=O) groups is 1. The van der Waals surface area contributed by atoms with E-state index in [-0.39, 0.29) is 5.91 Å². The normalized spacial score (nSPS) is 10.7. The van der Waals surface area contributed by atoms with Gasteiger partial charge in [0.2, 0.25) is 0 Å². The highest BCUT2D eigenvalue weighted by atomic mass is 32.1. The van der Waals surface area contributed by atoms with Crippen LogP contribution in [0.25, 0.3) is 10.2 Å². The number of rotatable bonds is 3. The minimum Gasteiger partial charge on any atom is -0.284 e. The van der Waals surface area contributed by atoms with Gasteiger partial charge < -0.3 is 0 Å². The molecule has 3 aromatic rings. The molecular formula is C16H14N2OS. The van der Waals surface area contributed by atoms with Crippen LogP contribution in [0.5, 0.6) is 0 Å². The van der Waals surface area contributed by atoms with Gasteiger partial charge in [0.15, 0.2) is 5.13 Å². The largest absolute Gasteiger partial charge is 0.284 e. The van der Waals surface area contributed by atoms with E-state index in [1.54, 1.807) is 16.2 Å². The molecule has 0 aliphatic carbocycles. The molecule has 0 radical (unpaired) electrons. The predicted molar refractivity (Wildman–Crippen MR) is 83.4 cm³/mol. The van der Waals surface area contributed by atoms with Crippen molar-refractivity contribution in [1.29, 1.82) is 0 Å². The number of nitrogens with zero attached hydrogens (tertiary/aromatic N) is 2. The van der Waals surface area contributed by atoms with Crippen molar-refractivity contribution in [3.8, 4) is 0 Å². The van der Waals surface area contributed by atoms with Crippen molar-refractivity contribution >= 4 is 32.6 Å². The molecule has 2 aromatic carbocycles. The SMILES string of the molecule is CCN(C(=O)c1ccccc1)c1nc2ccccc2s1. The zero-order chi connectivity index (χ0) is 13.9. The number of thiazole rings is 1. The third-order valence-electron chi connectivity index (χ3n) is 3.10. The van der Waals surface area contributed by atoms with Crippen LogP contribution >= 0.6 is 11.3 Å². The molecule has 1 amide bonds. The molecule has 0 spiro atoms. The fourth-order valence-corrected chi connectivity index (χ4v) is 3.11. The summed E-state index contributed by atoms with van der Waals surface area (Å²) in [5.41, 5.74) is 1.63. The lowest BCUT2D eigenvalue weighted by Gasteiger charge is -2.17. The fourth-order valence-electron chi connectivity index (χ4n) is 2.08. The zero-order valence-electron chi connectivity index (χ0n) is 11.1. The van der Waals surface area contributed by atoms with Crippen LogP contribution in [0.2, 0.25) is 0 Å². The summed E-state index contributed by atoms with van der Waals surface area (Å²) in [5, 5.41) is 0.752. The van der Waals surface area contributed by atoms with Crippen LogP contribution in [0, 0.1) is 0 Å². The van der Waals surface area contributed by atoms with E-state index in [1.165, 1.54) is 0 Å². The molecule has 0 saturated carbocycles. The maximum absolute atomic E-state index is 12.5. The van der Waals surface area contributed by atoms with E-state index in [1.807, 2.05) is 61.5 Å². The molecule has 4 heteroatoms. The maximum atomic E-state index is 12.5. The quantitative estimate of drug-likeness (QED) is 0.728. The van der Waals surface area contributed by atoms with Gasteiger partial charge in [0.05, 0.1) is 10.2 Å². The van der Waals surface area contributed by atoms with Gasteiger partial charge in [0.25, 0.3) is 5.91 Å². The van der Waals surface area contributed by atoms with Gasteiger partial charge in [-0.05, 0) is 31.2 Å². The minimum absolute atomic E-state index is 0.00726. The first-order chi connectivity index (χ1) is 9.79. The second kappa shape index (κ2) is 5.43. The summed E-state index contributed by atoms with van der Waals surface area (Å²) in [5.74, 6) is -0.00726. The molecule has 1 aromatic heterocycles. The lowest BCUT2D eigenvalue weighted by atomic mass is 10.2. The molecule has 0 atom stereocenters. The molecule has 1 heterocycles. The van der Waals surface area contributed by atoms with Crippen molar-refractivity contribution in [2.75, 3.05) is 11.4 Å². The van der Waals surface area contributed by atoms with Crippen molar-refractivity contribution in [1.82, 2.24) is 4.98 Å². The Bertz CT molecular complexity index is 703. The van der Waals surface area contributed by atoms with Crippen molar-refractivity contribution in [2.45, 2.75) is 6.92 Å². The molecule has 0 saturated heterocycles. The second-order valence-electron chi connectivity index (χ2n) is 4.38. The van der Waals surface area contributed by atoms with Gasteiger partial charge in [-0.2, -0.15) is 0 Å². The van der Waals surface area contributed by atoms with Gasteiger partial charge in [-0.1, -0.05) is 41.7 Å². The lowest BCUT2D eigenvalue weighted by Crippen LogP contribution is -2.30. The Morgan fingerprint density at radius 3 is 2.50 bits per heavy atom. The van der Waals surface area contributed by atoms with E-state index in [2.05, 4.69) is 4.98 Å². The van der Waals surface area contributed by atoms with Gasteiger partial charge in [-0.3, -0.25) is 9.69 Å². The highest BCUT2D eigenvalue weighted by molar-refractivity contribution is 7.22. The molecule has 0 aliphatic rings. The number of amides is 1. The molecule has 3 rings (SSSR count). The summed E-state index contributed by atoms with van der Waals surface area (Å²) in [6.07, 6.45) is 0. The van der Waals surface area contributed by atoms with E-state index in [4.69, 9.17) is 0 Å². The Labute approximate surface area is 121 Å². The molecule has 100 valence electrons. The summed E-state index contributed by atoms with van der Waals surface area (Å²) in [6.45, 7) is 2.57. The maximum Gasteiger partial charge on any atom is 0.260 e. The third kappa shape index (κ3) is 2.30. The van der Waals surface area contributed by atoms with Crippen LogP contribution in [0.1, 0.15) is 17.3 Å². The van der Waals surface area contributed by atoms with Crippen LogP contribution in [0.4, 0.5) is 5.13 Å². The molecular weight excluding hydrogens is 268 g/mol. The average molecular weight is 282 g/mol. The Morgan fingerprint density at radius 2 is 1.80 bits per heavy atom. The Morgan fingerprint density at radius 1 is 1.10 bits per heavy atom. The van der Waals surface area contributed by atoms with Crippen LogP contribution in [0.3, 0.4) is 0 Å². The minimum atomic E-state index is -0.00726. The van der Waals surface area contributed by atoms with Crippen LogP contribution < -0.4 is 4.90 Å². The van der Waals surface area contributed by atoms with E-state index in [0.717, 1.165) is 15.3 Å². The number of benzene rings is 2. The number of anilines is 1. The number of hydrogen-bond acceptors (Lipinski definition) is 3. The number of aromatic nitrogens is 1. The summed E-state index contributed by atoms with van der Waals surface area (Å²) >= 11 is 1.55. The number of para-hydroxylation sites is 1. The van der Waals surface area contributed by atoms with Crippen molar-refractivity contribution in [2.24, 2.45) is 0 Å². The molecule has 0 unspecified atom stereocenters. The molecule has 0 N–H and O–H groups in total. The van der Waals surface area contributed by atoms with Crippen LogP contribution in [-0.4, -0.2) is 17.4 Å². The van der Waals surface area contributed by atoms with Crippen molar-refractivity contribution in [3.63, 3.8) is 0 Å². The molecule has 0 bridgehead atoms. The van der Waals surface area contributed by atoms with E-state index >= 15 is 0 Å². The molecule has 3 nitrogen and oxygen atoms in total. The summed E-state index contributed by atoms with van der Waals surface area (Å²) in [7, 11) is 0. The first-order valence-corrected chi connectivity index (χ1v) is 7.33. The van der Waals surface area contributed by atoms with E-state index in [0.29, 0.717) is 12.1 Å². The average Bonchev–Trinajstić information content (AvgIpc) is 2.92. The topological polar surface area (TPSA) is 33.2 Å². The van der Waals surface area contributed by atoms with E-state index in [9.17, 15) is 4.79 Å². The van der Waals surface area contributed by atoms with Crippen molar-refractivity contribution in [3.05, 3.63) is 60.2 Å². The van der Waals surface area contributed by atoms with Crippen LogP contribution in [-0.2, 0) is 0 Å².